The third kappa shape index (κ3) is 3.54. The molecule has 0 unspecified atom stereocenters. The van der Waals surface area contributed by atoms with Crippen LogP contribution in [0.2, 0.25) is 0 Å². The number of hydrogen-bond acceptors (Lipinski definition) is 2. The monoisotopic (exact) mass is 204 g/mol. The maximum atomic E-state index is 10.7. The molecule has 0 spiro atoms. The second kappa shape index (κ2) is 5.96. The highest BCUT2D eigenvalue weighted by Gasteiger charge is 2.00. The summed E-state index contributed by atoms with van der Waals surface area (Å²) in [5.41, 5.74) is 1.90. The zero-order valence-corrected chi connectivity index (χ0v) is 9.18. The molecule has 80 valence electrons. The molecule has 1 amide bonds. The Bertz CT molecular complexity index is 333. The lowest BCUT2D eigenvalue weighted by Crippen LogP contribution is -2.18. The van der Waals surface area contributed by atoms with E-state index in [1.807, 2.05) is 44.2 Å². The predicted octanol–water partition coefficient (Wildman–Crippen LogP) is 2.28. The van der Waals surface area contributed by atoms with E-state index in [2.05, 4.69) is 5.10 Å². The molecule has 0 saturated heterocycles. The summed E-state index contributed by atoms with van der Waals surface area (Å²) in [6, 6.07) is 9.83. The van der Waals surface area contributed by atoms with Crippen molar-refractivity contribution in [1.29, 1.82) is 0 Å². The zero-order valence-electron chi connectivity index (χ0n) is 9.18. The van der Waals surface area contributed by atoms with Crippen LogP contribution in [-0.2, 0) is 4.79 Å². The van der Waals surface area contributed by atoms with Crippen molar-refractivity contribution < 1.29 is 4.79 Å². The molecular weight excluding hydrogens is 188 g/mol. The van der Waals surface area contributed by atoms with E-state index >= 15 is 0 Å². The zero-order chi connectivity index (χ0) is 11.1. The number of rotatable bonds is 5. The fourth-order valence-corrected chi connectivity index (χ4v) is 1.29. The minimum absolute atomic E-state index is 0.660. The molecule has 15 heavy (non-hydrogen) atoms. The first-order chi connectivity index (χ1) is 7.27. The van der Waals surface area contributed by atoms with E-state index in [-0.39, 0.29) is 0 Å². The highest BCUT2D eigenvalue weighted by Crippen LogP contribution is 2.02. The van der Waals surface area contributed by atoms with Gasteiger partial charge in [-0.3, -0.25) is 4.79 Å². The van der Waals surface area contributed by atoms with E-state index in [9.17, 15) is 4.79 Å². The van der Waals surface area contributed by atoms with Gasteiger partial charge in [0.2, 0.25) is 6.41 Å². The van der Waals surface area contributed by atoms with E-state index in [0.717, 1.165) is 24.1 Å². The van der Waals surface area contributed by atoms with Crippen LogP contribution in [0.3, 0.4) is 0 Å². The van der Waals surface area contributed by atoms with Crippen molar-refractivity contribution in [3.63, 3.8) is 0 Å². The molecule has 0 radical (unpaired) electrons. The lowest BCUT2D eigenvalue weighted by molar-refractivity contribution is -0.118. The molecule has 0 fully saturated rings. The van der Waals surface area contributed by atoms with Crippen molar-refractivity contribution in [3.8, 4) is 0 Å². The first-order valence-electron chi connectivity index (χ1n) is 5.10. The van der Waals surface area contributed by atoms with Crippen LogP contribution < -0.4 is 0 Å². The molecule has 0 aliphatic heterocycles. The molecule has 0 heterocycles. The summed E-state index contributed by atoms with van der Waals surface area (Å²) in [6.07, 6.45) is 1.67. The number of hydrazone groups is 1. The molecule has 0 aromatic heterocycles. The molecule has 0 bridgehead atoms. The highest BCUT2D eigenvalue weighted by molar-refractivity contribution is 5.98. The Balaban J connectivity index is 2.78. The maximum absolute atomic E-state index is 10.7. The average molecular weight is 204 g/mol. The molecule has 3 nitrogen and oxygen atoms in total. The maximum Gasteiger partial charge on any atom is 0.229 e. The van der Waals surface area contributed by atoms with Gasteiger partial charge in [-0.15, -0.1) is 0 Å². The van der Waals surface area contributed by atoms with Gasteiger partial charge in [-0.1, -0.05) is 37.3 Å². The van der Waals surface area contributed by atoms with Gasteiger partial charge in [-0.05, 0) is 18.9 Å². The number of nitrogens with zero attached hydrogens (tertiary/aromatic N) is 2. The number of hydrogen-bond donors (Lipinski definition) is 0. The molecule has 0 aliphatic rings. The van der Waals surface area contributed by atoms with Crippen LogP contribution in [0.4, 0.5) is 0 Å². The van der Waals surface area contributed by atoms with Crippen LogP contribution >= 0.6 is 0 Å². The molecular formula is C12H16N2O. The van der Waals surface area contributed by atoms with Crippen LogP contribution in [0.1, 0.15) is 25.8 Å². The van der Waals surface area contributed by atoms with Crippen molar-refractivity contribution >= 4 is 12.1 Å². The minimum atomic E-state index is 0.660. The van der Waals surface area contributed by atoms with E-state index < -0.39 is 0 Å². The highest BCUT2D eigenvalue weighted by atomic mass is 16.1. The van der Waals surface area contributed by atoms with Crippen molar-refractivity contribution in [2.75, 3.05) is 6.54 Å². The Labute approximate surface area is 90.4 Å². The smallest absolute Gasteiger partial charge is 0.229 e. The number of carbonyl (C=O) groups is 1. The Morgan fingerprint density at radius 1 is 1.40 bits per heavy atom. The average Bonchev–Trinajstić information content (AvgIpc) is 2.29. The fourth-order valence-electron chi connectivity index (χ4n) is 1.29. The van der Waals surface area contributed by atoms with Crippen LogP contribution in [-0.4, -0.2) is 23.7 Å². The Kier molecular flexibility index (Phi) is 4.54. The lowest BCUT2D eigenvalue weighted by atomic mass is 10.1. The molecule has 1 rings (SSSR count). The quantitative estimate of drug-likeness (QED) is 0.411. The van der Waals surface area contributed by atoms with Gasteiger partial charge in [-0.2, -0.15) is 5.10 Å². The third-order valence-electron chi connectivity index (χ3n) is 2.04. The number of amides is 1. The predicted molar refractivity (Wildman–Crippen MR) is 61.7 cm³/mol. The summed E-state index contributed by atoms with van der Waals surface area (Å²) < 4.78 is 0. The van der Waals surface area contributed by atoms with Gasteiger partial charge in [0.25, 0.3) is 0 Å². The Morgan fingerprint density at radius 3 is 2.60 bits per heavy atom. The SMILES string of the molecule is CCCN(C=O)/N=C(\C)c1ccccc1. The molecule has 0 aliphatic carbocycles. The fraction of sp³-hybridized carbons (Fsp3) is 0.333. The van der Waals surface area contributed by atoms with Crippen LogP contribution in [0.25, 0.3) is 0 Å². The van der Waals surface area contributed by atoms with Crippen LogP contribution in [0, 0.1) is 0 Å². The molecule has 1 aromatic carbocycles. The van der Waals surface area contributed by atoms with Crippen molar-refractivity contribution in [2.24, 2.45) is 5.10 Å². The number of benzene rings is 1. The summed E-state index contributed by atoms with van der Waals surface area (Å²) in [5, 5.41) is 5.67. The van der Waals surface area contributed by atoms with Gasteiger partial charge in [0.15, 0.2) is 0 Å². The van der Waals surface area contributed by atoms with Crippen molar-refractivity contribution in [2.45, 2.75) is 20.3 Å². The van der Waals surface area contributed by atoms with Gasteiger partial charge < -0.3 is 0 Å². The summed E-state index contributed by atoms with van der Waals surface area (Å²) in [7, 11) is 0. The molecule has 3 heteroatoms. The van der Waals surface area contributed by atoms with Crippen LogP contribution in [0.15, 0.2) is 35.4 Å². The normalized spacial score (nSPS) is 11.2. The largest absolute Gasteiger partial charge is 0.277 e. The molecule has 1 aromatic rings. The summed E-state index contributed by atoms with van der Waals surface area (Å²) >= 11 is 0. The minimum Gasteiger partial charge on any atom is -0.277 e. The second-order valence-corrected chi connectivity index (χ2v) is 3.32. The summed E-state index contributed by atoms with van der Waals surface area (Å²) in [6.45, 7) is 4.58. The van der Waals surface area contributed by atoms with Gasteiger partial charge in [0.1, 0.15) is 0 Å². The van der Waals surface area contributed by atoms with Crippen molar-refractivity contribution in [3.05, 3.63) is 35.9 Å². The van der Waals surface area contributed by atoms with Gasteiger partial charge in [-0.25, -0.2) is 5.01 Å². The Morgan fingerprint density at radius 2 is 2.07 bits per heavy atom. The van der Waals surface area contributed by atoms with Gasteiger partial charge in [0, 0.05) is 6.54 Å². The first kappa shape index (κ1) is 11.4. The van der Waals surface area contributed by atoms with E-state index in [0.29, 0.717) is 6.54 Å². The topological polar surface area (TPSA) is 32.7 Å². The van der Waals surface area contributed by atoms with E-state index in [4.69, 9.17) is 0 Å². The second-order valence-electron chi connectivity index (χ2n) is 3.32. The van der Waals surface area contributed by atoms with E-state index in [1.165, 1.54) is 5.01 Å². The first-order valence-corrected chi connectivity index (χ1v) is 5.10. The molecule has 0 atom stereocenters. The lowest BCUT2D eigenvalue weighted by Gasteiger charge is -2.11. The van der Waals surface area contributed by atoms with Gasteiger partial charge in [0.05, 0.1) is 5.71 Å². The van der Waals surface area contributed by atoms with Crippen molar-refractivity contribution in [1.82, 2.24) is 5.01 Å². The molecule has 0 saturated carbocycles. The number of carbonyl (C=O) groups excluding carboxylic acids is 1. The van der Waals surface area contributed by atoms with Gasteiger partial charge >= 0.3 is 0 Å². The third-order valence-corrected chi connectivity index (χ3v) is 2.04. The Hall–Kier alpha value is -1.64. The molecule has 0 N–H and O–H groups in total. The summed E-state index contributed by atoms with van der Waals surface area (Å²) in [4.78, 5) is 10.7. The summed E-state index contributed by atoms with van der Waals surface area (Å²) in [5.74, 6) is 0. The standard InChI is InChI=1S/C12H16N2O/c1-3-9-14(10-15)13-11(2)12-7-5-4-6-8-12/h4-8,10H,3,9H2,1-2H3/b13-11+. The van der Waals surface area contributed by atoms with Crippen LogP contribution in [0.5, 0.6) is 0 Å². The van der Waals surface area contributed by atoms with E-state index in [1.54, 1.807) is 0 Å².